The lowest BCUT2D eigenvalue weighted by Crippen LogP contribution is -2.57. The van der Waals surface area contributed by atoms with Gasteiger partial charge in [0.2, 0.25) is 0 Å². The highest BCUT2D eigenvalue weighted by Crippen LogP contribution is 2.40. The Kier molecular flexibility index (Phi) is 7.75. The Bertz CT molecular complexity index is 1490. The standard InChI is InChI=1S/C29H39FN6O3S/c1-17-19(16-40(5,37)38)15-36(17)24-8-7-22(29(2,3)31)20-13-27(33-14-21(20)24)34-26-10-11-32-28(35-26)18-6-9-25(39-4)23(30)12-18/h7-8,10-11,13-14,17-19,23,25H,6,9,12,15-16,31H2,1-5H3,(H,32,33,34,35)/t17-,18?,19-,23-,25+/m1/s1. The van der Waals surface area contributed by atoms with Crippen LogP contribution in [0.25, 0.3) is 10.8 Å². The number of hydrogen-bond donors (Lipinski definition) is 2. The highest BCUT2D eigenvalue weighted by Gasteiger charge is 2.38. The topological polar surface area (TPSA) is 123 Å². The summed E-state index contributed by atoms with van der Waals surface area (Å²) < 4.78 is 43.5. The monoisotopic (exact) mass is 570 g/mol. The Morgan fingerprint density at radius 1 is 1.18 bits per heavy atom. The summed E-state index contributed by atoms with van der Waals surface area (Å²) in [5, 5.41) is 5.23. The number of benzene rings is 1. The Morgan fingerprint density at radius 3 is 2.60 bits per heavy atom. The van der Waals surface area contributed by atoms with Crippen molar-refractivity contribution in [2.45, 2.75) is 69.8 Å². The largest absolute Gasteiger partial charge is 0.378 e. The van der Waals surface area contributed by atoms with Crippen LogP contribution in [0.3, 0.4) is 0 Å². The maximum absolute atomic E-state index is 14.5. The summed E-state index contributed by atoms with van der Waals surface area (Å²) in [6.45, 7) is 6.67. The second-order valence-corrected chi connectivity index (χ2v) is 14.1. The van der Waals surface area contributed by atoms with Crippen LogP contribution >= 0.6 is 0 Å². The van der Waals surface area contributed by atoms with E-state index in [0.717, 1.165) is 28.4 Å². The van der Waals surface area contributed by atoms with E-state index in [1.807, 2.05) is 32.2 Å². The quantitative estimate of drug-likeness (QED) is 0.404. The first-order chi connectivity index (χ1) is 18.8. The van der Waals surface area contributed by atoms with Crippen LogP contribution in [-0.4, -0.2) is 67.4 Å². The van der Waals surface area contributed by atoms with Crippen LogP contribution in [0.1, 0.15) is 57.3 Å². The zero-order valence-corrected chi connectivity index (χ0v) is 24.6. The van der Waals surface area contributed by atoms with Gasteiger partial charge in [0.15, 0.2) is 0 Å². The van der Waals surface area contributed by atoms with Gasteiger partial charge in [-0.3, -0.25) is 0 Å². The van der Waals surface area contributed by atoms with Gasteiger partial charge in [-0.25, -0.2) is 27.8 Å². The zero-order chi connectivity index (χ0) is 28.8. The minimum Gasteiger partial charge on any atom is -0.378 e. The van der Waals surface area contributed by atoms with Crippen LogP contribution in [0.15, 0.2) is 36.7 Å². The molecular formula is C29H39FN6O3S. The number of anilines is 3. The smallest absolute Gasteiger partial charge is 0.147 e. The number of fused-ring (bicyclic) bond motifs is 1. The van der Waals surface area contributed by atoms with Gasteiger partial charge in [0.1, 0.15) is 33.5 Å². The Hall–Kier alpha value is -2.89. The van der Waals surface area contributed by atoms with Crippen LogP contribution in [0, 0.1) is 5.92 Å². The molecule has 0 amide bonds. The minimum atomic E-state index is -3.04. The normalized spacial score (nSPS) is 25.6. The number of rotatable bonds is 8. The summed E-state index contributed by atoms with van der Waals surface area (Å²) in [5.41, 5.74) is 7.96. The number of aromatic nitrogens is 3. The molecule has 0 spiro atoms. The highest BCUT2D eigenvalue weighted by atomic mass is 32.2. The number of ether oxygens (including phenoxy) is 1. The van der Waals surface area contributed by atoms with E-state index in [9.17, 15) is 12.8 Å². The third-order valence-corrected chi connectivity index (χ3v) is 9.35. The lowest BCUT2D eigenvalue weighted by Gasteiger charge is -2.48. The molecule has 2 fully saturated rings. The van der Waals surface area contributed by atoms with Gasteiger partial charge in [-0.15, -0.1) is 0 Å². The third kappa shape index (κ3) is 5.91. The molecule has 9 nitrogen and oxygen atoms in total. The van der Waals surface area contributed by atoms with Gasteiger partial charge >= 0.3 is 0 Å². The van der Waals surface area contributed by atoms with Gasteiger partial charge < -0.3 is 20.7 Å². The van der Waals surface area contributed by atoms with Gasteiger partial charge in [0.05, 0.1) is 11.9 Å². The zero-order valence-electron chi connectivity index (χ0n) is 23.8. The fourth-order valence-electron chi connectivity index (χ4n) is 6.05. The average Bonchev–Trinajstić information content (AvgIpc) is 2.89. The summed E-state index contributed by atoms with van der Waals surface area (Å²) >= 11 is 0. The molecule has 1 aliphatic heterocycles. The molecule has 1 saturated carbocycles. The predicted molar refractivity (Wildman–Crippen MR) is 157 cm³/mol. The number of pyridine rings is 1. The summed E-state index contributed by atoms with van der Waals surface area (Å²) in [7, 11) is -1.49. The molecule has 1 aliphatic carbocycles. The predicted octanol–water partition coefficient (Wildman–Crippen LogP) is 4.45. The van der Waals surface area contributed by atoms with Crippen LogP contribution in [-0.2, 0) is 20.1 Å². The van der Waals surface area contributed by atoms with Gasteiger partial charge in [-0.05, 0) is 69.2 Å². The fourth-order valence-corrected chi connectivity index (χ4v) is 7.21. The molecule has 3 N–H and O–H groups in total. The van der Waals surface area contributed by atoms with E-state index in [-0.39, 0.29) is 29.7 Å². The van der Waals surface area contributed by atoms with E-state index >= 15 is 0 Å². The first-order valence-electron chi connectivity index (χ1n) is 13.8. The van der Waals surface area contributed by atoms with Crippen molar-refractivity contribution in [3.63, 3.8) is 0 Å². The number of nitrogens with one attached hydrogen (secondary N) is 1. The van der Waals surface area contributed by atoms with Crippen molar-refractivity contribution in [2.24, 2.45) is 11.7 Å². The molecule has 2 aliphatic rings. The van der Waals surface area contributed by atoms with Crippen molar-refractivity contribution >= 4 is 37.9 Å². The van der Waals surface area contributed by atoms with Crippen molar-refractivity contribution < 1.29 is 17.5 Å². The van der Waals surface area contributed by atoms with Crippen molar-refractivity contribution in [1.29, 1.82) is 0 Å². The van der Waals surface area contributed by atoms with E-state index in [1.54, 1.807) is 19.4 Å². The number of methoxy groups -OCH3 is 1. The molecule has 1 unspecified atom stereocenters. The molecule has 40 heavy (non-hydrogen) atoms. The molecule has 11 heteroatoms. The Morgan fingerprint density at radius 2 is 1.95 bits per heavy atom. The number of sulfone groups is 1. The van der Waals surface area contributed by atoms with E-state index in [0.29, 0.717) is 36.8 Å². The van der Waals surface area contributed by atoms with Gasteiger partial charge in [0.25, 0.3) is 0 Å². The van der Waals surface area contributed by atoms with Crippen molar-refractivity contribution in [3.05, 3.63) is 48.0 Å². The molecule has 1 aromatic carbocycles. The molecule has 3 heterocycles. The van der Waals surface area contributed by atoms with Crippen LogP contribution < -0.4 is 16.0 Å². The van der Waals surface area contributed by atoms with Gasteiger partial charge in [-0.2, -0.15) is 0 Å². The lowest BCUT2D eigenvalue weighted by molar-refractivity contribution is -0.000440. The molecular weight excluding hydrogens is 531 g/mol. The average molecular weight is 571 g/mol. The first-order valence-corrected chi connectivity index (χ1v) is 15.8. The number of nitrogens with zero attached hydrogens (tertiary/aromatic N) is 4. The Balaban J connectivity index is 1.42. The van der Waals surface area contributed by atoms with E-state index in [2.05, 4.69) is 28.2 Å². The molecule has 5 atom stereocenters. The molecule has 3 aromatic rings. The Labute approximate surface area is 235 Å². The third-order valence-electron chi connectivity index (χ3n) is 8.31. The molecule has 0 radical (unpaired) electrons. The second kappa shape index (κ2) is 10.8. The van der Waals surface area contributed by atoms with Crippen molar-refractivity contribution in [3.8, 4) is 0 Å². The summed E-state index contributed by atoms with van der Waals surface area (Å²) in [6.07, 6.45) is 5.16. The maximum Gasteiger partial charge on any atom is 0.147 e. The number of hydrogen-bond acceptors (Lipinski definition) is 9. The van der Waals surface area contributed by atoms with Gasteiger partial charge in [0, 0.05) is 66.8 Å². The summed E-state index contributed by atoms with van der Waals surface area (Å²) in [5.74, 6) is 2.02. The van der Waals surface area contributed by atoms with Crippen molar-refractivity contribution in [1.82, 2.24) is 15.0 Å². The molecule has 2 aromatic heterocycles. The van der Waals surface area contributed by atoms with Crippen molar-refractivity contribution in [2.75, 3.05) is 35.9 Å². The van der Waals surface area contributed by atoms with E-state index < -0.39 is 21.5 Å². The van der Waals surface area contributed by atoms with Crippen LogP contribution in [0.4, 0.5) is 21.7 Å². The van der Waals surface area contributed by atoms with Crippen LogP contribution in [0.5, 0.6) is 0 Å². The highest BCUT2D eigenvalue weighted by molar-refractivity contribution is 7.90. The minimum absolute atomic E-state index is 0.0649. The lowest BCUT2D eigenvalue weighted by atomic mass is 9.85. The number of halogens is 1. The molecule has 216 valence electrons. The fraction of sp³-hybridized carbons (Fsp3) is 0.552. The first kappa shape index (κ1) is 28.6. The molecule has 1 saturated heterocycles. The summed E-state index contributed by atoms with van der Waals surface area (Å²) in [6, 6.07) is 7.95. The van der Waals surface area contributed by atoms with Crippen LogP contribution in [0.2, 0.25) is 0 Å². The SMILES string of the molecule is CO[C@H]1CCC(c2nccc(Nc3cc4c(C(C)(C)N)ccc(N5C[C@H](CS(C)(=O)=O)[C@H]5C)c4cn3)n2)C[C@H]1F. The number of nitrogens with two attached hydrogens (primary N) is 1. The maximum atomic E-state index is 14.5. The molecule has 0 bridgehead atoms. The van der Waals surface area contributed by atoms with Gasteiger partial charge in [-0.1, -0.05) is 6.07 Å². The molecule has 5 rings (SSSR count). The van der Waals surface area contributed by atoms with E-state index in [1.165, 1.54) is 6.26 Å². The number of alkyl halides is 1. The van der Waals surface area contributed by atoms with E-state index in [4.69, 9.17) is 20.4 Å². The second-order valence-electron chi connectivity index (χ2n) is 11.9. The summed E-state index contributed by atoms with van der Waals surface area (Å²) in [4.78, 5) is 16.0.